The second-order valence-electron chi connectivity index (χ2n) is 1.94. The summed E-state index contributed by atoms with van der Waals surface area (Å²) >= 11 is 0. The number of allylic oxidation sites excluding steroid dienone is 1. The molecule has 0 aliphatic rings. The van der Waals surface area contributed by atoms with Crippen LogP contribution in [0.25, 0.3) is 0 Å². The van der Waals surface area contributed by atoms with Crippen molar-refractivity contribution in [2.45, 2.75) is 20.8 Å². The van der Waals surface area contributed by atoms with Gasteiger partial charge in [0, 0.05) is 6.92 Å². The summed E-state index contributed by atoms with van der Waals surface area (Å²) in [5.41, 5.74) is 0.803. The maximum Gasteiger partial charge on any atom is 0.242 e. The fraction of sp³-hybridized carbons (Fsp3) is 0.429. The number of hydrogen-bond donors (Lipinski definition) is 0. The SMILES string of the molecule is CC(=O)N=C(C)C(C)=C=O. The molecule has 0 bridgehead atoms. The van der Waals surface area contributed by atoms with Crippen molar-refractivity contribution in [1.29, 1.82) is 0 Å². The van der Waals surface area contributed by atoms with Crippen molar-refractivity contribution in [1.82, 2.24) is 0 Å². The van der Waals surface area contributed by atoms with Crippen LogP contribution in [-0.4, -0.2) is 17.6 Å². The highest BCUT2D eigenvalue weighted by molar-refractivity contribution is 6.08. The zero-order valence-electron chi connectivity index (χ0n) is 6.26. The Bertz CT molecular complexity index is 222. The summed E-state index contributed by atoms with van der Waals surface area (Å²) in [5, 5.41) is 0. The standard InChI is InChI=1S/C7H9NO2/c1-5(4-9)6(2)8-7(3)10/h1-3H3. The van der Waals surface area contributed by atoms with Crippen LogP contribution in [0.15, 0.2) is 10.6 Å². The van der Waals surface area contributed by atoms with E-state index in [1.54, 1.807) is 19.8 Å². The number of carbonyl (C=O) groups excluding carboxylic acids is 2. The monoisotopic (exact) mass is 139 g/mol. The van der Waals surface area contributed by atoms with Gasteiger partial charge in [0.2, 0.25) is 5.91 Å². The lowest BCUT2D eigenvalue weighted by molar-refractivity contribution is -0.115. The smallest absolute Gasteiger partial charge is 0.242 e. The molecule has 0 atom stereocenters. The van der Waals surface area contributed by atoms with E-state index >= 15 is 0 Å². The van der Waals surface area contributed by atoms with Gasteiger partial charge in [-0.1, -0.05) is 0 Å². The molecule has 3 nitrogen and oxygen atoms in total. The fourth-order valence-corrected chi connectivity index (χ4v) is 0.394. The molecule has 0 aromatic rings. The van der Waals surface area contributed by atoms with E-state index in [4.69, 9.17) is 0 Å². The third-order valence-corrected chi connectivity index (χ3v) is 1.02. The molecule has 0 fully saturated rings. The van der Waals surface area contributed by atoms with Gasteiger partial charge < -0.3 is 0 Å². The Morgan fingerprint density at radius 3 is 2.10 bits per heavy atom. The number of amides is 1. The average Bonchev–Trinajstić information content (AvgIpc) is 1.85. The highest BCUT2D eigenvalue weighted by Crippen LogP contribution is 1.90. The first-order chi connectivity index (χ1) is 4.57. The van der Waals surface area contributed by atoms with Gasteiger partial charge in [-0.3, -0.25) is 4.79 Å². The highest BCUT2D eigenvalue weighted by atomic mass is 16.1. The van der Waals surface area contributed by atoms with Crippen LogP contribution < -0.4 is 0 Å². The number of carbonyl (C=O) groups is 1. The summed E-state index contributed by atoms with van der Waals surface area (Å²) in [5.74, 6) is 1.35. The van der Waals surface area contributed by atoms with Crippen molar-refractivity contribution in [2.24, 2.45) is 4.99 Å². The molecule has 0 N–H and O–H groups in total. The molecule has 1 amide bonds. The normalized spacial score (nSPS) is 10.5. The van der Waals surface area contributed by atoms with Crippen LogP contribution in [0, 0.1) is 0 Å². The molecular weight excluding hydrogens is 130 g/mol. The quantitative estimate of drug-likeness (QED) is 0.398. The number of nitrogens with zero attached hydrogens (tertiary/aromatic N) is 1. The molecule has 0 saturated heterocycles. The average molecular weight is 139 g/mol. The van der Waals surface area contributed by atoms with Crippen LogP contribution in [0.5, 0.6) is 0 Å². The van der Waals surface area contributed by atoms with E-state index in [1.807, 2.05) is 0 Å². The molecule has 0 spiro atoms. The van der Waals surface area contributed by atoms with Gasteiger partial charge in [-0.25, -0.2) is 9.79 Å². The summed E-state index contributed by atoms with van der Waals surface area (Å²) in [6.07, 6.45) is 0. The number of rotatable bonds is 1. The Hall–Kier alpha value is -1.21. The molecule has 0 unspecified atom stereocenters. The van der Waals surface area contributed by atoms with Gasteiger partial charge in [-0.15, -0.1) is 0 Å². The van der Waals surface area contributed by atoms with Crippen LogP contribution >= 0.6 is 0 Å². The van der Waals surface area contributed by atoms with Gasteiger partial charge in [0.25, 0.3) is 0 Å². The molecule has 3 heteroatoms. The predicted molar refractivity (Wildman–Crippen MR) is 38.7 cm³/mol. The molecule has 0 saturated carbocycles. The van der Waals surface area contributed by atoms with Crippen LogP contribution in [0.1, 0.15) is 20.8 Å². The maximum atomic E-state index is 10.3. The largest absolute Gasteiger partial charge is 0.273 e. The minimum absolute atomic E-state index is 0.299. The minimum atomic E-state index is -0.299. The summed E-state index contributed by atoms with van der Waals surface area (Å²) in [6.45, 7) is 4.50. The zero-order chi connectivity index (χ0) is 8.15. The van der Waals surface area contributed by atoms with Crippen LogP contribution in [0.3, 0.4) is 0 Å². The molecule has 0 radical (unpaired) electrons. The number of aliphatic imine (C=N–C) groups is 1. The molecule has 0 heterocycles. The molecular formula is C7H9NO2. The Kier molecular flexibility index (Phi) is 3.29. The van der Waals surface area contributed by atoms with Crippen molar-refractivity contribution in [3.05, 3.63) is 5.57 Å². The molecule has 0 aliphatic heterocycles. The first-order valence-electron chi connectivity index (χ1n) is 2.86. The second kappa shape index (κ2) is 3.75. The maximum absolute atomic E-state index is 10.3. The van der Waals surface area contributed by atoms with Crippen molar-refractivity contribution in [3.8, 4) is 0 Å². The van der Waals surface area contributed by atoms with E-state index in [1.165, 1.54) is 6.92 Å². The minimum Gasteiger partial charge on any atom is -0.273 e. The van der Waals surface area contributed by atoms with Gasteiger partial charge in [0.15, 0.2) is 0 Å². The molecule has 54 valence electrons. The number of hydrogen-bond acceptors (Lipinski definition) is 2. The van der Waals surface area contributed by atoms with Crippen molar-refractivity contribution in [3.63, 3.8) is 0 Å². The van der Waals surface area contributed by atoms with Gasteiger partial charge in [0.1, 0.15) is 5.94 Å². The van der Waals surface area contributed by atoms with E-state index < -0.39 is 0 Å². The molecule has 10 heavy (non-hydrogen) atoms. The third kappa shape index (κ3) is 2.95. The van der Waals surface area contributed by atoms with Gasteiger partial charge in [-0.2, -0.15) is 0 Å². The van der Waals surface area contributed by atoms with Crippen LogP contribution in [-0.2, 0) is 9.59 Å². The molecule has 0 aromatic carbocycles. The van der Waals surface area contributed by atoms with Crippen molar-refractivity contribution < 1.29 is 9.59 Å². The Balaban J connectivity index is 4.50. The zero-order valence-corrected chi connectivity index (χ0v) is 6.26. The topological polar surface area (TPSA) is 46.5 Å². The van der Waals surface area contributed by atoms with Gasteiger partial charge in [0.05, 0.1) is 11.3 Å². The van der Waals surface area contributed by atoms with E-state index in [2.05, 4.69) is 4.99 Å². The highest BCUT2D eigenvalue weighted by Gasteiger charge is 1.95. The van der Waals surface area contributed by atoms with Crippen LogP contribution in [0.4, 0.5) is 0 Å². The van der Waals surface area contributed by atoms with E-state index in [0.29, 0.717) is 11.3 Å². The molecule has 0 rings (SSSR count). The van der Waals surface area contributed by atoms with Crippen molar-refractivity contribution in [2.75, 3.05) is 0 Å². The van der Waals surface area contributed by atoms with Crippen molar-refractivity contribution >= 4 is 17.6 Å². The Morgan fingerprint density at radius 1 is 1.30 bits per heavy atom. The van der Waals surface area contributed by atoms with Crippen LogP contribution in [0.2, 0.25) is 0 Å². The van der Waals surface area contributed by atoms with E-state index in [9.17, 15) is 9.59 Å². The van der Waals surface area contributed by atoms with Gasteiger partial charge >= 0.3 is 0 Å². The third-order valence-electron chi connectivity index (χ3n) is 1.02. The first kappa shape index (κ1) is 8.79. The lowest BCUT2D eigenvalue weighted by Gasteiger charge is -1.90. The predicted octanol–water partition coefficient (Wildman–Crippen LogP) is 0.772. The lowest BCUT2D eigenvalue weighted by Crippen LogP contribution is -1.97. The summed E-state index contributed by atoms with van der Waals surface area (Å²) < 4.78 is 0. The van der Waals surface area contributed by atoms with E-state index in [-0.39, 0.29) is 5.91 Å². The Labute approximate surface area is 59.5 Å². The first-order valence-corrected chi connectivity index (χ1v) is 2.86. The summed E-state index contributed by atoms with van der Waals surface area (Å²) in [6, 6.07) is 0. The Morgan fingerprint density at radius 2 is 1.80 bits per heavy atom. The fourth-order valence-electron chi connectivity index (χ4n) is 0.394. The van der Waals surface area contributed by atoms with Gasteiger partial charge in [-0.05, 0) is 13.8 Å². The lowest BCUT2D eigenvalue weighted by atomic mass is 10.2. The summed E-state index contributed by atoms with van der Waals surface area (Å²) in [7, 11) is 0. The molecule has 0 aliphatic carbocycles. The van der Waals surface area contributed by atoms with E-state index in [0.717, 1.165) is 0 Å². The molecule has 0 aromatic heterocycles. The second-order valence-corrected chi connectivity index (χ2v) is 1.94. The summed E-state index contributed by atoms with van der Waals surface area (Å²) in [4.78, 5) is 23.8.